The molecule has 0 spiro atoms. The van der Waals surface area contributed by atoms with Gasteiger partial charge in [0.05, 0.1) is 12.1 Å². The molecule has 2 aromatic rings. The summed E-state index contributed by atoms with van der Waals surface area (Å²) in [5.41, 5.74) is 1.54. The molecule has 3 aliphatic rings. The molecule has 8 heteroatoms. The number of carbonyl (C=O) groups is 1. The summed E-state index contributed by atoms with van der Waals surface area (Å²) in [6, 6.07) is 5.47. The van der Waals surface area contributed by atoms with Crippen molar-refractivity contribution in [3.05, 3.63) is 46.0 Å². The Balaban J connectivity index is 1.27. The summed E-state index contributed by atoms with van der Waals surface area (Å²) in [5.74, 6) is 3.27. The quantitative estimate of drug-likeness (QED) is 0.838. The smallest absolute Gasteiger partial charge is 0.253 e. The lowest BCUT2D eigenvalue weighted by Gasteiger charge is -2.33. The van der Waals surface area contributed by atoms with Crippen LogP contribution in [0.2, 0.25) is 5.02 Å². The molecule has 1 fully saturated rings. The van der Waals surface area contributed by atoms with Crippen LogP contribution < -0.4 is 10.1 Å². The van der Waals surface area contributed by atoms with Crippen LogP contribution in [0.25, 0.3) is 6.08 Å². The Kier molecular flexibility index (Phi) is 4.56. The highest BCUT2D eigenvalue weighted by Crippen LogP contribution is 2.32. The highest BCUT2D eigenvalue weighted by Gasteiger charge is 2.30. The number of likely N-dealkylation sites (tertiary alicyclic amines) is 1. The van der Waals surface area contributed by atoms with Crippen LogP contribution >= 0.6 is 11.6 Å². The summed E-state index contributed by atoms with van der Waals surface area (Å²) >= 11 is 6.07. The monoisotopic (exact) mass is 399 g/mol. The highest BCUT2D eigenvalue weighted by atomic mass is 35.5. The van der Waals surface area contributed by atoms with Crippen molar-refractivity contribution in [1.29, 1.82) is 0 Å². The Bertz CT molecular complexity index is 946. The number of ether oxygens (including phenoxy) is 1. The molecule has 0 saturated carbocycles. The number of nitrogens with zero attached hydrogens (tertiary/aromatic N) is 4. The third kappa shape index (κ3) is 3.18. The minimum Gasteiger partial charge on any atom is -0.488 e. The first-order chi connectivity index (χ1) is 13.7. The second-order valence-corrected chi connectivity index (χ2v) is 7.95. The molecule has 146 valence electrons. The molecule has 1 aromatic carbocycles. The van der Waals surface area contributed by atoms with Gasteiger partial charge in [-0.25, -0.2) is 0 Å². The molecule has 1 saturated heterocycles. The average Bonchev–Trinajstić information content (AvgIpc) is 3.17. The van der Waals surface area contributed by atoms with E-state index >= 15 is 0 Å². The third-order valence-corrected chi connectivity index (χ3v) is 5.99. The predicted octanol–water partition coefficient (Wildman–Crippen LogP) is 2.22. The van der Waals surface area contributed by atoms with Gasteiger partial charge in [0.1, 0.15) is 24.0 Å². The summed E-state index contributed by atoms with van der Waals surface area (Å²) in [6.45, 7) is 4.41. The molecule has 3 aliphatic heterocycles. The summed E-state index contributed by atoms with van der Waals surface area (Å²) in [4.78, 5) is 14.9. The summed E-state index contributed by atoms with van der Waals surface area (Å²) < 4.78 is 7.99. The van der Waals surface area contributed by atoms with Crippen LogP contribution in [0.3, 0.4) is 0 Å². The lowest BCUT2D eigenvalue weighted by Crippen LogP contribution is -2.40. The number of carbonyl (C=O) groups excluding carboxylic acids is 1. The van der Waals surface area contributed by atoms with Crippen molar-refractivity contribution in [3.8, 4) is 5.75 Å². The lowest BCUT2D eigenvalue weighted by molar-refractivity contribution is -0.128. The molecule has 1 aromatic heterocycles. The zero-order chi connectivity index (χ0) is 19.1. The van der Waals surface area contributed by atoms with E-state index in [9.17, 15) is 4.79 Å². The second-order valence-electron chi connectivity index (χ2n) is 7.51. The van der Waals surface area contributed by atoms with Gasteiger partial charge in [-0.1, -0.05) is 11.6 Å². The number of aromatic nitrogens is 3. The molecule has 1 amide bonds. The van der Waals surface area contributed by atoms with Crippen molar-refractivity contribution in [2.24, 2.45) is 0 Å². The van der Waals surface area contributed by atoms with E-state index < -0.39 is 0 Å². The van der Waals surface area contributed by atoms with Crippen molar-refractivity contribution >= 4 is 23.6 Å². The first kappa shape index (κ1) is 17.7. The number of amides is 1. The summed E-state index contributed by atoms with van der Waals surface area (Å²) in [7, 11) is 0. The zero-order valence-corrected chi connectivity index (χ0v) is 16.3. The fraction of sp³-hybridized carbons (Fsp3) is 0.450. The minimum atomic E-state index is 0.0524. The van der Waals surface area contributed by atoms with E-state index in [0.29, 0.717) is 23.1 Å². The fourth-order valence-electron chi connectivity index (χ4n) is 4.23. The lowest BCUT2D eigenvalue weighted by atomic mass is 9.95. The van der Waals surface area contributed by atoms with Crippen molar-refractivity contribution in [3.63, 3.8) is 0 Å². The van der Waals surface area contributed by atoms with E-state index in [-0.39, 0.29) is 5.91 Å². The van der Waals surface area contributed by atoms with Gasteiger partial charge in [0.2, 0.25) is 0 Å². The van der Waals surface area contributed by atoms with E-state index in [4.69, 9.17) is 16.3 Å². The predicted molar refractivity (Wildman–Crippen MR) is 105 cm³/mol. The normalized spacial score (nSPS) is 19.5. The van der Waals surface area contributed by atoms with Crippen LogP contribution in [0.5, 0.6) is 5.75 Å². The van der Waals surface area contributed by atoms with Crippen LogP contribution in [0.1, 0.15) is 36.0 Å². The molecular formula is C20H22ClN5O2. The molecule has 4 heterocycles. The number of piperidine rings is 1. The molecule has 0 aliphatic carbocycles. The van der Waals surface area contributed by atoms with Crippen LogP contribution in [0, 0.1) is 0 Å². The molecule has 0 unspecified atom stereocenters. The molecule has 0 atom stereocenters. The standard InChI is InChI=1S/C20H22ClN5O2/c21-16-1-2-17-14(10-16)9-15(12-28-17)20(27)25-6-3-13(4-7-25)19-24-23-18-11-22-5-8-26(18)19/h1-2,9-10,13,22H,3-8,11-12H2. The van der Waals surface area contributed by atoms with Gasteiger partial charge in [-0.15, -0.1) is 10.2 Å². The zero-order valence-electron chi connectivity index (χ0n) is 15.5. The van der Waals surface area contributed by atoms with Gasteiger partial charge in [0, 0.05) is 42.7 Å². The number of nitrogens with one attached hydrogen (secondary N) is 1. The second kappa shape index (κ2) is 7.22. The van der Waals surface area contributed by atoms with Gasteiger partial charge in [-0.05, 0) is 37.1 Å². The van der Waals surface area contributed by atoms with Crippen LogP contribution in [0.15, 0.2) is 23.8 Å². The van der Waals surface area contributed by atoms with Gasteiger partial charge >= 0.3 is 0 Å². The number of hydrogen-bond donors (Lipinski definition) is 1. The van der Waals surface area contributed by atoms with Crippen LogP contribution in [-0.4, -0.2) is 51.8 Å². The number of benzene rings is 1. The third-order valence-electron chi connectivity index (χ3n) is 5.76. The minimum absolute atomic E-state index is 0.0524. The number of fused-ring (bicyclic) bond motifs is 2. The Morgan fingerprint density at radius 1 is 1.21 bits per heavy atom. The molecule has 28 heavy (non-hydrogen) atoms. The van der Waals surface area contributed by atoms with E-state index in [1.807, 2.05) is 23.1 Å². The molecule has 0 radical (unpaired) electrons. The topological polar surface area (TPSA) is 72.3 Å². The summed E-state index contributed by atoms with van der Waals surface area (Å²) in [5, 5.41) is 12.7. The fourth-order valence-corrected chi connectivity index (χ4v) is 4.41. The Labute approximate surface area is 168 Å². The molecular weight excluding hydrogens is 378 g/mol. The molecule has 7 nitrogen and oxygen atoms in total. The SMILES string of the molecule is O=C(C1=Cc2cc(Cl)ccc2OC1)N1CCC(c2nnc3n2CCNC3)CC1. The Hall–Kier alpha value is -2.38. The number of halogens is 1. The van der Waals surface area contributed by atoms with Gasteiger partial charge < -0.3 is 19.5 Å². The van der Waals surface area contributed by atoms with Crippen molar-refractivity contribution in [2.75, 3.05) is 26.2 Å². The first-order valence-corrected chi connectivity index (χ1v) is 10.1. The number of rotatable bonds is 2. The highest BCUT2D eigenvalue weighted by molar-refractivity contribution is 6.30. The molecule has 5 rings (SSSR count). The Morgan fingerprint density at radius 2 is 2.07 bits per heavy atom. The van der Waals surface area contributed by atoms with Gasteiger partial charge in [0.15, 0.2) is 0 Å². The summed E-state index contributed by atoms with van der Waals surface area (Å²) in [6.07, 6.45) is 3.72. The van der Waals surface area contributed by atoms with Gasteiger partial charge in [-0.2, -0.15) is 0 Å². The Morgan fingerprint density at radius 3 is 2.93 bits per heavy atom. The van der Waals surface area contributed by atoms with Crippen molar-refractivity contribution in [1.82, 2.24) is 25.0 Å². The van der Waals surface area contributed by atoms with E-state index in [1.165, 1.54) is 0 Å². The van der Waals surface area contributed by atoms with E-state index in [2.05, 4.69) is 20.1 Å². The maximum Gasteiger partial charge on any atom is 0.253 e. The van der Waals surface area contributed by atoms with Crippen molar-refractivity contribution < 1.29 is 9.53 Å². The van der Waals surface area contributed by atoms with Gasteiger partial charge in [0.25, 0.3) is 5.91 Å². The maximum atomic E-state index is 13.0. The maximum absolute atomic E-state index is 13.0. The van der Waals surface area contributed by atoms with Crippen LogP contribution in [0.4, 0.5) is 0 Å². The van der Waals surface area contributed by atoms with Crippen molar-refractivity contribution in [2.45, 2.75) is 31.8 Å². The molecule has 0 bridgehead atoms. The largest absolute Gasteiger partial charge is 0.488 e. The molecule has 1 N–H and O–H groups in total. The first-order valence-electron chi connectivity index (χ1n) is 9.74. The van der Waals surface area contributed by atoms with E-state index in [0.717, 1.165) is 68.5 Å². The average molecular weight is 400 g/mol. The van der Waals surface area contributed by atoms with Gasteiger partial charge in [-0.3, -0.25) is 4.79 Å². The van der Waals surface area contributed by atoms with E-state index in [1.54, 1.807) is 6.07 Å². The number of hydrogen-bond acceptors (Lipinski definition) is 5. The van der Waals surface area contributed by atoms with Crippen LogP contribution in [-0.2, 0) is 17.9 Å².